The summed E-state index contributed by atoms with van der Waals surface area (Å²) in [6.45, 7) is 0.984. The summed E-state index contributed by atoms with van der Waals surface area (Å²) in [4.78, 5) is 20.5. The molecule has 4 aromatic rings. The molecule has 6 nitrogen and oxygen atoms in total. The van der Waals surface area contributed by atoms with Crippen LogP contribution in [0.25, 0.3) is 16.4 Å². The van der Waals surface area contributed by atoms with Gasteiger partial charge in [0.05, 0.1) is 10.6 Å². The van der Waals surface area contributed by atoms with E-state index in [1.165, 1.54) is 5.56 Å². The summed E-state index contributed by atoms with van der Waals surface area (Å²) in [5.41, 5.74) is 2.81. The van der Waals surface area contributed by atoms with E-state index in [-0.39, 0.29) is 11.7 Å². The number of para-hydroxylation sites is 1. The minimum absolute atomic E-state index is 0.138. The fourth-order valence-electron chi connectivity index (χ4n) is 3.02. The maximum atomic E-state index is 12.8. The van der Waals surface area contributed by atoms with Crippen molar-refractivity contribution in [1.29, 1.82) is 0 Å². The average molecular weight is 418 g/mol. The molecule has 152 valence electrons. The van der Waals surface area contributed by atoms with Crippen molar-refractivity contribution in [2.45, 2.75) is 6.42 Å². The SMILES string of the molecule is CN(C)CCc1ccc(NC(=O)c2nc(-c3cccs3)n(-c3ccccc3)n2)cc1. The van der Waals surface area contributed by atoms with Crippen molar-refractivity contribution >= 4 is 22.9 Å². The average Bonchev–Trinajstić information content (AvgIpc) is 3.44. The number of carbonyl (C=O) groups is 1. The molecule has 2 heterocycles. The molecule has 0 saturated carbocycles. The van der Waals surface area contributed by atoms with Crippen molar-refractivity contribution < 1.29 is 4.79 Å². The van der Waals surface area contributed by atoms with Crippen LogP contribution in [0.3, 0.4) is 0 Å². The number of nitrogens with one attached hydrogen (secondary N) is 1. The number of hydrogen-bond acceptors (Lipinski definition) is 5. The summed E-state index contributed by atoms with van der Waals surface area (Å²) in [6, 6.07) is 21.5. The third kappa shape index (κ3) is 4.64. The van der Waals surface area contributed by atoms with Gasteiger partial charge in [0.1, 0.15) is 0 Å². The molecule has 0 fully saturated rings. The van der Waals surface area contributed by atoms with Gasteiger partial charge in [-0.3, -0.25) is 4.79 Å². The molecular weight excluding hydrogens is 394 g/mol. The van der Waals surface area contributed by atoms with Crippen LogP contribution in [0.5, 0.6) is 0 Å². The summed E-state index contributed by atoms with van der Waals surface area (Å²) in [7, 11) is 4.11. The molecule has 7 heteroatoms. The van der Waals surface area contributed by atoms with E-state index in [0.717, 1.165) is 29.2 Å². The molecule has 0 unspecified atom stereocenters. The predicted octanol–water partition coefficient (Wildman–Crippen LogP) is 4.35. The van der Waals surface area contributed by atoms with Gasteiger partial charge < -0.3 is 10.2 Å². The van der Waals surface area contributed by atoms with Crippen LogP contribution < -0.4 is 5.32 Å². The van der Waals surface area contributed by atoms with Crippen LogP contribution in [0.4, 0.5) is 5.69 Å². The van der Waals surface area contributed by atoms with E-state index in [9.17, 15) is 4.79 Å². The van der Waals surface area contributed by atoms with Gasteiger partial charge in [0, 0.05) is 12.2 Å². The predicted molar refractivity (Wildman–Crippen MR) is 121 cm³/mol. The number of likely N-dealkylation sites (N-methyl/N-ethyl adjacent to an activating group) is 1. The quantitative estimate of drug-likeness (QED) is 0.486. The first kappa shape index (κ1) is 20.0. The van der Waals surface area contributed by atoms with Crippen molar-refractivity contribution in [3.05, 3.63) is 83.5 Å². The van der Waals surface area contributed by atoms with Crippen LogP contribution in [0, 0.1) is 0 Å². The monoisotopic (exact) mass is 417 g/mol. The van der Waals surface area contributed by atoms with E-state index in [0.29, 0.717) is 5.82 Å². The number of rotatable bonds is 7. The molecule has 0 spiro atoms. The molecule has 0 aliphatic heterocycles. The largest absolute Gasteiger partial charge is 0.319 e. The molecular formula is C23H23N5OS. The molecule has 0 saturated heterocycles. The number of thiophene rings is 1. The molecule has 0 aliphatic rings. The van der Waals surface area contributed by atoms with E-state index in [1.54, 1.807) is 16.0 Å². The van der Waals surface area contributed by atoms with Gasteiger partial charge in [-0.2, -0.15) is 0 Å². The molecule has 30 heavy (non-hydrogen) atoms. The molecule has 2 aromatic heterocycles. The van der Waals surface area contributed by atoms with Gasteiger partial charge in [0.15, 0.2) is 5.82 Å². The molecule has 1 amide bonds. The zero-order valence-electron chi connectivity index (χ0n) is 16.9. The number of amides is 1. The Morgan fingerprint density at radius 1 is 1.03 bits per heavy atom. The van der Waals surface area contributed by atoms with Crippen LogP contribution >= 0.6 is 11.3 Å². The fraction of sp³-hybridized carbons (Fsp3) is 0.174. The Bertz CT molecular complexity index is 1100. The van der Waals surface area contributed by atoms with Gasteiger partial charge in [0.25, 0.3) is 5.91 Å². The molecule has 2 aromatic carbocycles. The van der Waals surface area contributed by atoms with E-state index in [2.05, 4.69) is 34.4 Å². The summed E-state index contributed by atoms with van der Waals surface area (Å²) >= 11 is 1.56. The van der Waals surface area contributed by atoms with Crippen molar-refractivity contribution in [3.63, 3.8) is 0 Å². The lowest BCUT2D eigenvalue weighted by molar-refractivity contribution is 0.101. The Morgan fingerprint density at radius 2 is 1.80 bits per heavy atom. The third-order valence-electron chi connectivity index (χ3n) is 4.61. The Balaban J connectivity index is 1.56. The standard InChI is InChI=1S/C23H23N5OS/c1-27(2)15-14-17-10-12-18(13-11-17)24-23(29)21-25-22(20-9-6-16-30-20)28(26-21)19-7-4-3-5-8-19/h3-13,16H,14-15H2,1-2H3,(H,24,29). The van der Waals surface area contributed by atoms with Crippen molar-refractivity contribution in [2.24, 2.45) is 0 Å². The minimum atomic E-state index is -0.330. The number of anilines is 1. The first-order chi connectivity index (χ1) is 14.6. The number of aromatic nitrogens is 3. The van der Waals surface area contributed by atoms with Crippen LogP contribution in [0.15, 0.2) is 72.1 Å². The maximum Gasteiger partial charge on any atom is 0.295 e. The second kappa shape index (κ2) is 9.02. The highest BCUT2D eigenvalue weighted by molar-refractivity contribution is 7.13. The van der Waals surface area contributed by atoms with Crippen LogP contribution in [-0.2, 0) is 6.42 Å². The first-order valence-electron chi connectivity index (χ1n) is 9.71. The normalized spacial score (nSPS) is 11.0. The summed E-state index contributed by atoms with van der Waals surface area (Å²) in [5, 5.41) is 9.38. The Kier molecular flexibility index (Phi) is 6.02. The van der Waals surface area contributed by atoms with E-state index in [1.807, 2.05) is 72.1 Å². The summed E-state index contributed by atoms with van der Waals surface area (Å²) < 4.78 is 1.71. The highest BCUT2D eigenvalue weighted by atomic mass is 32.1. The zero-order valence-corrected chi connectivity index (χ0v) is 17.8. The van der Waals surface area contributed by atoms with Crippen molar-refractivity contribution in [1.82, 2.24) is 19.7 Å². The van der Waals surface area contributed by atoms with Crippen LogP contribution in [0.1, 0.15) is 16.2 Å². The number of hydrogen-bond donors (Lipinski definition) is 1. The lowest BCUT2D eigenvalue weighted by atomic mass is 10.1. The first-order valence-corrected chi connectivity index (χ1v) is 10.6. The van der Waals surface area contributed by atoms with E-state index in [4.69, 9.17) is 0 Å². The topological polar surface area (TPSA) is 63.1 Å². The molecule has 0 radical (unpaired) electrons. The van der Waals surface area contributed by atoms with Gasteiger partial charge in [0.2, 0.25) is 5.82 Å². The van der Waals surface area contributed by atoms with Gasteiger partial charge in [-0.25, -0.2) is 9.67 Å². The number of benzene rings is 2. The second-order valence-corrected chi connectivity index (χ2v) is 8.14. The van der Waals surface area contributed by atoms with Crippen molar-refractivity contribution in [3.8, 4) is 16.4 Å². The van der Waals surface area contributed by atoms with Gasteiger partial charge in [-0.1, -0.05) is 36.4 Å². The molecule has 1 N–H and O–H groups in total. The maximum absolute atomic E-state index is 12.8. The Hall–Kier alpha value is -3.29. The lowest BCUT2D eigenvalue weighted by Crippen LogP contribution is -2.15. The van der Waals surface area contributed by atoms with Gasteiger partial charge in [-0.05, 0) is 61.8 Å². The third-order valence-corrected chi connectivity index (χ3v) is 5.48. The summed E-state index contributed by atoms with van der Waals surface area (Å²) in [6.07, 6.45) is 0.967. The Labute approximate surface area is 179 Å². The van der Waals surface area contributed by atoms with Gasteiger partial charge in [-0.15, -0.1) is 16.4 Å². The minimum Gasteiger partial charge on any atom is -0.319 e. The van der Waals surface area contributed by atoms with Crippen LogP contribution in [-0.4, -0.2) is 46.2 Å². The number of carbonyl (C=O) groups excluding carboxylic acids is 1. The molecule has 0 atom stereocenters. The highest BCUT2D eigenvalue weighted by Gasteiger charge is 2.19. The molecule has 0 aliphatic carbocycles. The summed E-state index contributed by atoms with van der Waals surface area (Å²) in [5.74, 6) is 0.461. The smallest absolute Gasteiger partial charge is 0.295 e. The second-order valence-electron chi connectivity index (χ2n) is 7.19. The highest BCUT2D eigenvalue weighted by Crippen LogP contribution is 2.25. The lowest BCUT2D eigenvalue weighted by Gasteiger charge is -2.09. The number of nitrogens with zero attached hydrogens (tertiary/aromatic N) is 4. The Morgan fingerprint density at radius 3 is 2.47 bits per heavy atom. The molecule has 0 bridgehead atoms. The molecule has 4 rings (SSSR count). The zero-order chi connectivity index (χ0) is 20.9. The van der Waals surface area contributed by atoms with Crippen molar-refractivity contribution in [2.75, 3.05) is 26.0 Å². The van der Waals surface area contributed by atoms with Gasteiger partial charge >= 0.3 is 0 Å². The van der Waals surface area contributed by atoms with E-state index >= 15 is 0 Å². The van der Waals surface area contributed by atoms with Crippen LogP contribution in [0.2, 0.25) is 0 Å². The fourth-order valence-corrected chi connectivity index (χ4v) is 3.72. The van der Waals surface area contributed by atoms with E-state index < -0.39 is 0 Å².